The molecule has 1 N–H and O–H groups in total. The summed E-state index contributed by atoms with van der Waals surface area (Å²) in [5.41, 5.74) is 8.15. The fourth-order valence-corrected chi connectivity index (χ4v) is 3.76. The van der Waals surface area contributed by atoms with Gasteiger partial charge >= 0.3 is 0 Å². The molecular formula is C25H23N3O2S. The molecule has 0 aliphatic rings. The Kier molecular flexibility index (Phi) is 6.59. The fraction of sp³-hybridized carbons (Fsp3) is 0.120. The Morgan fingerprint density at radius 2 is 1.81 bits per heavy atom. The second kappa shape index (κ2) is 9.91. The van der Waals surface area contributed by atoms with Crippen LogP contribution in [0.5, 0.6) is 11.5 Å². The number of para-hydroxylation sites is 1. The van der Waals surface area contributed by atoms with E-state index in [4.69, 9.17) is 9.47 Å². The topological polar surface area (TPSA) is 55.7 Å². The molecular weight excluding hydrogens is 406 g/mol. The van der Waals surface area contributed by atoms with E-state index >= 15 is 0 Å². The van der Waals surface area contributed by atoms with Crippen molar-refractivity contribution in [2.24, 2.45) is 5.10 Å². The van der Waals surface area contributed by atoms with Crippen molar-refractivity contribution in [1.82, 2.24) is 4.98 Å². The molecule has 0 saturated heterocycles. The maximum absolute atomic E-state index is 6.13. The molecule has 0 radical (unpaired) electrons. The molecule has 0 unspecified atom stereocenters. The number of ether oxygens (including phenoxy) is 2. The van der Waals surface area contributed by atoms with E-state index in [9.17, 15) is 0 Å². The summed E-state index contributed by atoms with van der Waals surface area (Å²) in [7, 11) is 1.63. The van der Waals surface area contributed by atoms with Crippen molar-refractivity contribution < 1.29 is 9.47 Å². The number of hydrazone groups is 1. The number of hydrogen-bond acceptors (Lipinski definition) is 6. The molecule has 0 amide bonds. The SMILES string of the molecule is COc1cccc(C=NNc2nc(-c3ccccc3)cs2)c1OCc1ccccc1C. The lowest BCUT2D eigenvalue weighted by atomic mass is 10.1. The summed E-state index contributed by atoms with van der Waals surface area (Å²) >= 11 is 1.51. The fourth-order valence-electron chi connectivity index (χ4n) is 3.10. The summed E-state index contributed by atoms with van der Waals surface area (Å²) in [4.78, 5) is 4.59. The van der Waals surface area contributed by atoms with Gasteiger partial charge < -0.3 is 9.47 Å². The van der Waals surface area contributed by atoms with Crippen molar-refractivity contribution in [2.45, 2.75) is 13.5 Å². The molecule has 0 aliphatic heterocycles. The van der Waals surface area contributed by atoms with E-state index in [-0.39, 0.29) is 0 Å². The summed E-state index contributed by atoms with van der Waals surface area (Å²) in [5, 5.41) is 7.10. The van der Waals surface area contributed by atoms with Crippen LogP contribution in [-0.2, 0) is 6.61 Å². The second-order valence-electron chi connectivity index (χ2n) is 6.87. The summed E-state index contributed by atoms with van der Waals surface area (Å²) in [6.45, 7) is 2.53. The zero-order valence-corrected chi connectivity index (χ0v) is 18.2. The van der Waals surface area contributed by atoms with Crippen molar-refractivity contribution in [3.63, 3.8) is 0 Å². The summed E-state index contributed by atoms with van der Waals surface area (Å²) in [6.07, 6.45) is 1.72. The van der Waals surface area contributed by atoms with Crippen LogP contribution in [0.25, 0.3) is 11.3 Å². The van der Waals surface area contributed by atoms with E-state index in [0.29, 0.717) is 18.1 Å². The number of anilines is 1. The van der Waals surface area contributed by atoms with E-state index in [0.717, 1.165) is 27.5 Å². The minimum atomic E-state index is 0.453. The van der Waals surface area contributed by atoms with Crippen LogP contribution in [0.4, 0.5) is 5.13 Å². The van der Waals surface area contributed by atoms with E-state index in [1.54, 1.807) is 13.3 Å². The van der Waals surface area contributed by atoms with Crippen LogP contribution < -0.4 is 14.9 Å². The minimum absolute atomic E-state index is 0.453. The van der Waals surface area contributed by atoms with Crippen LogP contribution in [0, 0.1) is 6.92 Å². The predicted molar refractivity (Wildman–Crippen MR) is 127 cm³/mol. The maximum atomic E-state index is 6.13. The largest absolute Gasteiger partial charge is 0.493 e. The third-order valence-electron chi connectivity index (χ3n) is 4.80. The normalized spacial score (nSPS) is 10.9. The molecule has 0 spiro atoms. The molecule has 4 aromatic rings. The lowest BCUT2D eigenvalue weighted by Gasteiger charge is -2.14. The lowest BCUT2D eigenvalue weighted by molar-refractivity contribution is 0.283. The first-order valence-corrected chi connectivity index (χ1v) is 10.8. The molecule has 0 fully saturated rings. The monoisotopic (exact) mass is 429 g/mol. The average molecular weight is 430 g/mol. The van der Waals surface area contributed by atoms with Crippen molar-refractivity contribution in [1.29, 1.82) is 0 Å². The van der Waals surface area contributed by atoms with Gasteiger partial charge in [0.1, 0.15) is 6.61 Å². The highest BCUT2D eigenvalue weighted by molar-refractivity contribution is 7.14. The Labute approximate surface area is 186 Å². The standard InChI is InChI=1S/C25H23N3O2S/c1-18-9-6-7-12-21(18)16-30-24-20(13-8-14-23(24)29-2)15-26-28-25-27-22(17-31-25)19-10-4-3-5-11-19/h3-15,17H,16H2,1-2H3,(H,27,28). The Morgan fingerprint density at radius 3 is 2.61 bits per heavy atom. The van der Waals surface area contributed by atoms with Crippen LogP contribution in [0.1, 0.15) is 16.7 Å². The summed E-state index contributed by atoms with van der Waals surface area (Å²) in [5.74, 6) is 1.32. The van der Waals surface area contributed by atoms with Gasteiger partial charge in [0, 0.05) is 16.5 Å². The van der Waals surface area contributed by atoms with E-state index in [1.165, 1.54) is 16.9 Å². The van der Waals surface area contributed by atoms with Crippen molar-refractivity contribution in [3.05, 3.63) is 94.9 Å². The zero-order valence-electron chi connectivity index (χ0n) is 17.4. The van der Waals surface area contributed by atoms with Gasteiger partial charge in [0.15, 0.2) is 11.5 Å². The van der Waals surface area contributed by atoms with Crippen LogP contribution in [-0.4, -0.2) is 18.3 Å². The summed E-state index contributed by atoms with van der Waals surface area (Å²) in [6, 6.07) is 24.0. The van der Waals surface area contributed by atoms with Gasteiger partial charge in [-0.25, -0.2) is 4.98 Å². The number of thiazole rings is 1. The van der Waals surface area contributed by atoms with Gasteiger partial charge in [-0.3, -0.25) is 5.43 Å². The molecule has 31 heavy (non-hydrogen) atoms. The van der Waals surface area contributed by atoms with Crippen LogP contribution in [0.2, 0.25) is 0 Å². The molecule has 0 aliphatic carbocycles. The molecule has 1 aromatic heterocycles. The first-order chi connectivity index (χ1) is 15.2. The molecule has 5 nitrogen and oxygen atoms in total. The number of benzene rings is 3. The maximum Gasteiger partial charge on any atom is 0.203 e. The highest BCUT2D eigenvalue weighted by Gasteiger charge is 2.10. The number of nitrogens with zero attached hydrogens (tertiary/aromatic N) is 2. The zero-order chi connectivity index (χ0) is 21.5. The number of aromatic nitrogens is 1. The van der Waals surface area contributed by atoms with Crippen LogP contribution >= 0.6 is 11.3 Å². The Morgan fingerprint density at radius 1 is 1.00 bits per heavy atom. The molecule has 0 saturated carbocycles. The number of rotatable bonds is 8. The van der Waals surface area contributed by atoms with Crippen LogP contribution in [0.15, 0.2) is 83.3 Å². The van der Waals surface area contributed by atoms with Gasteiger partial charge in [0.05, 0.1) is 19.0 Å². The van der Waals surface area contributed by atoms with E-state index in [1.807, 2.05) is 66.0 Å². The molecule has 6 heteroatoms. The molecule has 1 heterocycles. The Bertz CT molecular complexity index is 1170. The predicted octanol–water partition coefficient (Wildman–Crippen LogP) is 6.15. The Balaban J connectivity index is 1.48. The van der Waals surface area contributed by atoms with Gasteiger partial charge in [-0.15, -0.1) is 11.3 Å². The second-order valence-corrected chi connectivity index (χ2v) is 7.73. The molecule has 4 rings (SSSR count). The van der Waals surface area contributed by atoms with E-state index in [2.05, 4.69) is 34.6 Å². The van der Waals surface area contributed by atoms with Gasteiger partial charge in [0.25, 0.3) is 0 Å². The van der Waals surface area contributed by atoms with Crippen molar-refractivity contribution in [3.8, 4) is 22.8 Å². The molecule has 3 aromatic carbocycles. The van der Waals surface area contributed by atoms with Gasteiger partial charge in [-0.05, 0) is 30.2 Å². The molecule has 0 bridgehead atoms. The average Bonchev–Trinajstić information content (AvgIpc) is 3.28. The molecule has 156 valence electrons. The first-order valence-electron chi connectivity index (χ1n) is 9.89. The number of methoxy groups -OCH3 is 1. The quantitative estimate of drug-likeness (QED) is 0.269. The summed E-state index contributed by atoms with van der Waals surface area (Å²) < 4.78 is 11.6. The number of nitrogens with one attached hydrogen (secondary N) is 1. The first kappa shape index (κ1) is 20.6. The number of aryl methyl sites for hydroxylation is 1. The van der Waals surface area contributed by atoms with Gasteiger partial charge in [0.2, 0.25) is 5.13 Å². The highest BCUT2D eigenvalue weighted by atomic mass is 32.1. The molecule has 0 atom stereocenters. The smallest absolute Gasteiger partial charge is 0.203 e. The van der Waals surface area contributed by atoms with E-state index < -0.39 is 0 Å². The van der Waals surface area contributed by atoms with Gasteiger partial charge in [-0.2, -0.15) is 5.10 Å². The Hall–Kier alpha value is -3.64. The lowest BCUT2D eigenvalue weighted by Crippen LogP contribution is -2.02. The highest BCUT2D eigenvalue weighted by Crippen LogP contribution is 2.31. The van der Waals surface area contributed by atoms with Crippen LogP contribution in [0.3, 0.4) is 0 Å². The van der Waals surface area contributed by atoms with Gasteiger partial charge in [-0.1, -0.05) is 60.7 Å². The third-order valence-corrected chi connectivity index (χ3v) is 5.55. The third kappa shape index (κ3) is 5.10. The minimum Gasteiger partial charge on any atom is -0.493 e. The van der Waals surface area contributed by atoms with Crippen molar-refractivity contribution in [2.75, 3.05) is 12.5 Å². The number of hydrogen-bond donors (Lipinski definition) is 1. The van der Waals surface area contributed by atoms with Crippen molar-refractivity contribution >= 4 is 22.7 Å².